The van der Waals surface area contributed by atoms with Crippen LogP contribution in [-0.4, -0.2) is 21.7 Å². The van der Waals surface area contributed by atoms with Gasteiger partial charge in [-0.25, -0.2) is 0 Å². The molecule has 0 aliphatic carbocycles. The van der Waals surface area contributed by atoms with Crippen molar-refractivity contribution < 1.29 is 15.0 Å². The van der Waals surface area contributed by atoms with Gasteiger partial charge in [0.1, 0.15) is 5.75 Å². The largest absolute Gasteiger partial charge is 0.508 e. The zero-order valence-electron chi connectivity index (χ0n) is 13.5. The molecule has 0 radical (unpaired) electrons. The second-order valence-electron chi connectivity index (χ2n) is 6.35. The Labute approximate surface area is 136 Å². The van der Waals surface area contributed by atoms with E-state index in [0.29, 0.717) is 5.56 Å². The topological polar surface area (TPSA) is 69.6 Å². The molecule has 122 valence electrons. The third-order valence-corrected chi connectivity index (χ3v) is 3.80. The number of hydrogen-bond donors (Lipinski definition) is 3. The number of carbonyl (C=O) groups is 1. The Morgan fingerprint density at radius 3 is 2.30 bits per heavy atom. The Bertz CT molecular complexity index is 635. The lowest BCUT2D eigenvalue weighted by atomic mass is 9.94. The molecule has 0 heterocycles. The first-order valence-corrected chi connectivity index (χ1v) is 7.70. The molecule has 0 spiro atoms. The van der Waals surface area contributed by atoms with Gasteiger partial charge in [0.05, 0.1) is 0 Å². The molecule has 23 heavy (non-hydrogen) atoms. The SMILES string of the molecule is CC(C)(CCc1ccc(O)cc1)NC(=O)[C@H](O)c1ccccc1. The number of phenolic OH excluding ortho intramolecular Hbond substituents is 1. The van der Waals surface area contributed by atoms with E-state index in [1.54, 1.807) is 36.4 Å². The molecule has 0 unspecified atom stereocenters. The lowest BCUT2D eigenvalue weighted by molar-refractivity contribution is -0.131. The van der Waals surface area contributed by atoms with Crippen molar-refractivity contribution in [3.8, 4) is 5.75 Å². The molecule has 1 amide bonds. The average molecular weight is 313 g/mol. The van der Waals surface area contributed by atoms with Crippen LogP contribution in [0.2, 0.25) is 0 Å². The summed E-state index contributed by atoms with van der Waals surface area (Å²) in [6.07, 6.45) is 0.337. The van der Waals surface area contributed by atoms with Crippen molar-refractivity contribution in [1.82, 2.24) is 5.32 Å². The normalized spacial score (nSPS) is 12.7. The number of aromatic hydroxyl groups is 1. The number of hydrogen-bond acceptors (Lipinski definition) is 3. The number of amides is 1. The quantitative estimate of drug-likeness (QED) is 0.768. The third-order valence-electron chi connectivity index (χ3n) is 3.80. The Hall–Kier alpha value is -2.33. The average Bonchev–Trinajstić information content (AvgIpc) is 2.54. The molecule has 0 aliphatic rings. The summed E-state index contributed by atoms with van der Waals surface area (Å²) in [6, 6.07) is 15.9. The van der Waals surface area contributed by atoms with Crippen molar-refractivity contribution in [2.45, 2.75) is 38.3 Å². The standard InChI is InChI=1S/C19H23NO3/c1-19(2,13-12-14-8-10-16(21)11-9-14)20-18(23)17(22)15-6-4-3-5-7-15/h3-11,17,21-22H,12-13H2,1-2H3,(H,20,23)/t17-/m1/s1. The van der Waals surface area contributed by atoms with E-state index in [1.165, 1.54) is 0 Å². The van der Waals surface area contributed by atoms with Crippen LogP contribution in [0.5, 0.6) is 5.75 Å². The minimum Gasteiger partial charge on any atom is -0.508 e. The highest BCUT2D eigenvalue weighted by molar-refractivity contribution is 5.82. The monoisotopic (exact) mass is 313 g/mol. The fraction of sp³-hybridized carbons (Fsp3) is 0.316. The molecular weight excluding hydrogens is 290 g/mol. The summed E-state index contributed by atoms with van der Waals surface area (Å²) in [4.78, 5) is 12.2. The lowest BCUT2D eigenvalue weighted by Crippen LogP contribution is -2.45. The van der Waals surface area contributed by atoms with Gasteiger partial charge in [-0.3, -0.25) is 4.79 Å². The summed E-state index contributed by atoms with van der Waals surface area (Å²) < 4.78 is 0. The number of aryl methyl sites for hydroxylation is 1. The van der Waals surface area contributed by atoms with E-state index in [1.807, 2.05) is 32.0 Å². The first kappa shape index (κ1) is 17.0. The first-order valence-electron chi connectivity index (χ1n) is 7.70. The van der Waals surface area contributed by atoms with Crippen LogP contribution in [0.1, 0.15) is 37.5 Å². The summed E-state index contributed by atoms with van der Waals surface area (Å²) in [5.41, 5.74) is 1.23. The molecule has 4 nitrogen and oxygen atoms in total. The van der Waals surface area contributed by atoms with Gasteiger partial charge in [0.25, 0.3) is 5.91 Å². The van der Waals surface area contributed by atoms with Crippen LogP contribution < -0.4 is 5.32 Å². The Morgan fingerprint density at radius 2 is 1.70 bits per heavy atom. The molecule has 2 aromatic rings. The van der Waals surface area contributed by atoms with Gasteiger partial charge >= 0.3 is 0 Å². The van der Waals surface area contributed by atoms with Crippen LogP contribution in [0.3, 0.4) is 0 Å². The zero-order chi connectivity index (χ0) is 16.9. The van der Waals surface area contributed by atoms with Gasteiger partial charge in [-0.1, -0.05) is 42.5 Å². The second-order valence-corrected chi connectivity index (χ2v) is 6.35. The van der Waals surface area contributed by atoms with Crippen LogP contribution in [0.25, 0.3) is 0 Å². The molecule has 4 heteroatoms. The number of nitrogens with one attached hydrogen (secondary N) is 1. The highest BCUT2D eigenvalue weighted by Crippen LogP contribution is 2.18. The second kappa shape index (κ2) is 7.29. The summed E-state index contributed by atoms with van der Waals surface area (Å²) in [5, 5.41) is 22.3. The van der Waals surface area contributed by atoms with Crippen molar-refractivity contribution in [2.24, 2.45) is 0 Å². The minimum atomic E-state index is -1.16. The van der Waals surface area contributed by atoms with E-state index in [4.69, 9.17) is 0 Å². The van der Waals surface area contributed by atoms with Gasteiger partial charge in [0.2, 0.25) is 0 Å². The van der Waals surface area contributed by atoms with Crippen molar-refractivity contribution in [2.75, 3.05) is 0 Å². The van der Waals surface area contributed by atoms with Crippen molar-refractivity contribution >= 4 is 5.91 Å². The maximum atomic E-state index is 12.2. The fourth-order valence-corrected chi connectivity index (χ4v) is 2.37. The number of carbonyl (C=O) groups excluding carboxylic acids is 1. The van der Waals surface area contributed by atoms with Gasteiger partial charge in [-0.05, 0) is 49.9 Å². The van der Waals surface area contributed by atoms with E-state index < -0.39 is 17.6 Å². The van der Waals surface area contributed by atoms with E-state index >= 15 is 0 Å². The maximum Gasteiger partial charge on any atom is 0.253 e. The number of aliphatic hydroxyl groups is 1. The molecular formula is C19H23NO3. The number of rotatable bonds is 6. The number of aliphatic hydroxyl groups excluding tert-OH is 1. The van der Waals surface area contributed by atoms with Crippen LogP contribution >= 0.6 is 0 Å². The molecule has 0 aromatic heterocycles. The number of benzene rings is 2. The predicted octanol–water partition coefficient (Wildman–Crippen LogP) is 2.95. The molecule has 0 saturated carbocycles. The predicted molar refractivity (Wildman–Crippen MR) is 90.1 cm³/mol. The van der Waals surface area contributed by atoms with Gasteiger partial charge in [-0.15, -0.1) is 0 Å². The van der Waals surface area contributed by atoms with Gasteiger partial charge in [0.15, 0.2) is 6.10 Å². The molecule has 0 bridgehead atoms. The molecule has 0 saturated heterocycles. The molecule has 2 rings (SSSR count). The molecule has 1 atom stereocenters. The summed E-state index contributed by atoms with van der Waals surface area (Å²) >= 11 is 0. The molecule has 2 aromatic carbocycles. The summed E-state index contributed by atoms with van der Waals surface area (Å²) in [6.45, 7) is 3.87. The van der Waals surface area contributed by atoms with E-state index in [0.717, 1.165) is 18.4 Å². The highest BCUT2D eigenvalue weighted by Gasteiger charge is 2.25. The first-order chi connectivity index (χ1) is 10.9. The van der Waals surface area contributed by atoms with E-state index in [-0.39, 0.29) is 5.75 Å². The van der Waals surface area contributed by atoms with Gasteiger partial charge < -0.3 is 15.5 Å². The molecule has 0 fully saturated rings. The summed E-state index contributed by atoms with van der Waals surface area (Å²) in [7, 11) is 0. The molecule has 0 aliphatic heterocycles. The van der Waals surface area contributed by atoms with Crippen molar-refractivity contribution in [1.29, 1.82) is 0 Å². The van der Waals surface area contributed by atoms with Gasteiger partial charge in [0, 0.05) is 5.54 Å². The maximum absolute atomic E-state index is 12.2. The van der Waals surface area contributed by atoms with Crippen LogP contribution in [0.4, 0.5) is 0 Å². The smallest absolute Gasteiger partial charge is 0.253 e. The Balaban J connectivity index is 1.92. The zero-order valence-corrected chi connectivity index (χ0v) is 13.5. The van der Waals surface area contributed by atoms with Crippen LogP contribution in [0, 0.1) is 0 Å². The third kappa shape index (κ3) is 5.11. The Morgan fingerprint density at radius 1 is 1.09 bits per heavy atom. The van der Waals surface area contributed by atoms with E-state index in [9.17, 15) is 15.0 Å². The molecule has 3 N–H and O–H groups in total. The van der Waals surface area contributed by atoms with Crippen LogP contribution in [-0.2, 0) is 11.2 Å². The fourth-order valence-electron chi connectivity index (χ4n) is 2.37. The highest BCUT2D eigenvalue weighted by atomic mass is 16.3. The van der Waals surface area contributed by atoms with Crippen molar-refractivity contribution in [3.63, 3.8) is 0 Å². The van der Waals surface area contributed by atoms with Crippen molar-refractivity contribution in [3.05, 3.63) is 65.7 Å². The van der Waals surface area contributed by atoms with E-state index in [2.05, 4.69) is 5.32 Å². The number of phenols is 1. The lowest BCUT2D eigenvalue weighted by Gasteiger charge is -2.28. The van der Waals surface area contributed by atoms with Gasteiger partial charge in [-0.2, -0.15) is 0 Å². The van der Waals surface area contributed by atoms with Crippen LogP contribution in [0.15, 0.2) is 54.6 Å². The Kier molecular flexibility index (Phi) is 5.40. The summed E-state index contributed by atoms with van der Waals surface area (Å²) in [5.74, 6) is -0.154. The minimum absolute atomic E-state index is 0.243.